The van der Waals surface area contributed by atoms with Crippen molar-refractivity contribution in [3.05, 3.63) is 89.9 Å². The van der Waals surface area contributed by atoms with Crippen molar-refractivity contribution < 1.29 is 0 Å². The Morgan fingerprint density at radius 2 is 1.57 bits per heavy atom. The van der Waals surface area contributed by atoms with Gasteiger partial charge in [-0.05, 0) is 49.0 Å². The lowest BCUT2D eigenvalue weighted by Gasteiger charge is -2.47. The summed E-state index contributed by atoms with van der Waals surface area (Å²) < 4.78 is 0. The summed E-state index contributed by atoms with van der Waals surface area (Å²) in [5, 5.41) is 0. The van der Waals surface area contributed by atoms with Gasteiger partial charge in [0.1, 0.15) is 6.17 Å². The molecule has 3 aliphatic heterocycles. The number of para-hydroxylation sites is 2. The molecule has 0 amide bonds. The van der Waals surface area contributed by atoms with Crippen LogP contribution in [0.3, 0.4) is 0 Å². The molecule has 190 valence electrons. The molecule has 0 saturated carbocycles. The minimum absolute atomic E-state index is 0.00856. The van der Waals surface area contributed by atoms with Gasteiger partial charge in [-0.1, -0.05) is 70.2 Å². The maximum absolute atomic E-state index is 4.87. The first-order valence-corrected chi connectivity index (χ1v) is 13.7. The minimum atomic E-state index is -0.117. The van der Waals surface area contributed by atoms with Gasteiger partial charge in [0.2, 0.25) is 0 Å². The summed E-state index contributed by atoms with van der Waals surface area (Å²) in [6, 6.07) is 18.2. The highest BCUT2D eigenvalue weighted by Crippen LogP contribution is 2.60. The monoisotopic (exact) mass is 491 g/mol. The van der Waals surface area contributed by atoms with Gasteiger partial charge < -0.3 is 9.80 Å². The molecule has 0 N–H and O–H groups in total. The van der Waals surface area contributed by atoms with Gasteiger partial charge in [0.05, 0.1) is 11.7 Å². The van der Waals surface area contributed by atoms with E-state index in [0.29, 0.717) is 5.92 Å². The summed E-state index contributed by atoms with van der Waals surface area (Å²) in [4.78, 5) is 17.0. The predicted octanol–water partition coefficient (Wildman–Crippen LogP) is 7.29. The molecule has 0 saturated heterocycles. The number of aromatic nitrogens is 2. The highest BCUT2D eigenvalue weighted by molar-refractivity contribution is 5.97. The zero-order valence-electron chi connectivity index (χ0n) is 22.8. The van der Waals surface area contributed by atoms with Gasteiger partial charge in [-0.25, -0.2) is 9.97 Å². The maximum atomic E-state index is 4.87. The summed E-state index contributed by atoms with van der Waals surface area (Å²) in [5.74, 6) is 2.26. The topological polar surface area (TPSA) is 35.5 Å². The number of allylic oxidation sites excluding steroid dienone is 2. The molecule has 0 bridgehead atoms. The summed E-state index contributed by atoms with van der Waals surface area (Å²) in [6.45, 7) is 11.6. The van der Waals surface area contributed by atoms with E-state index >= 15 is 0 Å². The molecule has 0 radical (unpaired) electrons. The molecule has 0 aliphatic carbocycles. The number of hydrogen-bond acceptors (Lipinski definition) is 5. The van der Waals surface area contributed by atoms with E-state index < -0.39 is 0 Å². The highest BCUT2D eigenvalue weighted by Gasteiger charge is 2.53. The normalized spacial score (nSPS) is 21.5. The number of hydrogen-bond donors (Lipinski definition) is 0. The van der Waals surface area contributed by atoms with Gasteiger partial charge >= 0.3 is 0 Å². The van der Waals surface area contributed by atoms with Crippen LogP contribution in [0.1, 0.15) is 58.6 Å². The van der Waals surface area contributed by atoms with E-state index in [9.17, 15) is 0 Å². The van der Waals surface area contributed by atoms with Gasteiger partial charge in [0.15, 0.2) is 11.6 Å². The van der Waals surface area contributed by atoms with Crippen molar-refractivity contribution in [2.45, 2.75) is 65.1 Å². The van der Waals surface area contributed by atoms with Crippen molar-refractivity contribution in [2.24, 2.45) is 5.92 Å². The van der Waals surface area contributed by atoms with E-state index in [2.05, 4.69) is 117 Å². The number of benzene rings is 2. The molecule has 4 heterocycles. The second-order valence-electron chi connectivity index (χ2n) is 10.8. The molecule has 5 heteroatoms. The third kappa shape index (κ3) is 3.09. The van der Waals surface area contributed by atoms with Gasteiger partial charge in [-0.15, -0.1) is 0 Å². The molecular formula is C32H37N5. The maximum Gasteiger partial charge on any atom is 0.178 e. The fourth-order valence-electron chi connectivity index (χ4n) is 7.29. The molecule has 2 aromatic carbocycles. The van der Waals surface area contributed by atoms with Crippen LogP contribution in [0.4, 0.5) is 23.0 Å². The molecule has 37 heavy (non-hydrogen) atoms. The molecule has 2 atom stereocenters. The van der Waals surface area contributed by atoms with Crippen LogP contribution in [0, 0.1) is 5.92 Å². The Balaban J connectivity index is 1.80. The zero-order valence-corrected chi connectivity index (χ0v) is 22.8. The number of likely N-dealkylation sites (N-methyl/N-ethyl adjacent to an activating group) is 1. The third-order valence-electron chi connectivity index (χ3n) is 8.78. The highest BCUT2D eigenvalue weighted by atomic mass is 15.5. The second kappa shape index (κ2) is 8.76. The summed E-state index contributed by atoms with van der Waals surface area (Å²) >= 11 is 0. The summed E-state index contributed by atoms with van der Waals surface area (Å²) in [7, 11) is 2.19. The van der Waals surface area contributed by atoms with E-state index in [-0.39, 0.29) is 17.6 Å². The van der Waals surface area contributed by atoms with Crippen molar-refractivity contribution in [3.63, 3.8) is 0 Å². The van der Waals surface area contributed by atoms with Crippen LogP contribution in [0.2, 0.25) is 0 Å². The fraction of sp³-hybridized carbons (Fsp3) is 0.375. The van der Waals surface area contributed by atoms with Crippen molar-refractivity contribution in [3.8, 4) is 0 Å². The quantitative estimate of drug-likeness (QED) is 0.383. The van der Waals surface area contributed by atoms with E-state index in [0.717, 1.165) is 24.5 Å². The molecular weight excluding hydrogens is 454 g/mol. The van der Waals surface area contributed by atoms with Gasteiger partial charge in [-0.3, -0.25) is 4.90 Å². The average molecular weight is 492 g/mol. The summed E-state index contributed by atoms with van der Waals surface area (Å²) in [5.41, 5.74) is 8.13. The Morgan fingerprint density at radius 1 is 0.919 bits per heavy atom. The average Bonchev–Trinajstić information content (AvgIpc) is 3.17. The lowest BCUT2D eigenvalue weighted by molar-refractivity contribution is 0.490. The largest absolute Gasteiger partial charge is 0.340 e. The fourth-order valence-corrected chi connectivity index (χ4v) is 7.29. The molecule has 0 spiro atoms. The van der Waals surface area contributed by atoms with Crippen molar-refractivity contribution in [2.75, 3.05) is 21.7 Å². The van der Waals surface area contributed by atoms with Gasteiger partial charge in [-0.2, -0.15) is 0 Å². The first-order valence-electron chi connectivity index (χ1n) is 13.7. The van der Waals surface area contributed by atoms with E-state index in [4.69, 9.17) is 9.97 Å². The van der Waals surface area contributed by atoms with Crippen LogP contribution in [-0.2, 0) is 5.41 Å². The van der Waals surface area contributed by atoms with Crippen LogP contribution < -0.4 is 14.7 Å². The smallest absolute Gasteiger partial charge is 0.178 e. The molecule has 3 aromatic rings. The first kappa shape index (κ1) is 23.8. The van der Waals surface area contributed by atoms with E-state index in [1.165, 1.54) is 33.6 Å². The van der Waals surface area contributed by atoms with Gasteiger partial charge in [0, 0.05) is 47.9 Å². The molecule has 5 nitrogen and oxygen atoms in total. The molecule has 6 rings (SSSR count). The Kier molecular flexibility index (Phi) is 5.63. The Hall–Kier alpha value is -3.60. The zero-order chi connectivity index (χ0) is 25.9. The number of fused-ring (bicyclic) bond motifs is 8. The van der Waals surface area contributed by atoms with Crippen molar-refractivity contribution in [1.82, 2.24) is 9.97 Å². The van der Waals surface area contributed by atoms with Crippen LogP contribution in [0.15, 0.2) is 78.8 Å². The van der Waals surface area contributed by atoms with Crippen molar-refractivity contribution in [1.29, 1.82) is 0 Å². The molecule has 3 aliphatic rings. The second-order valence-corrected chi connectivity index (χ2v) is 10.8. The number of nitrogens with zero attached hydrogens (tertiary/aromatic N) is 5. The van der Waals surface area contributed by atoms with E-state index in [1.54, 1.807) is 0 Å². The van der Waals surface area contributed by atoms with Crippen LogP contribution in [0.25, 0.3) is 5.57 Å². The lowest BCUT2D eigenvalue weighted by atomic mass is 9.64. The number of rotatable bonds is 4. The minimum Gasteiger partial charge on any atom is -0.340 e. The lowest BCUT2D eigenvalue weighted by Crippen LogP contribution is -2.51. The molecule has 2 unspecified atom stereocenters. The van der Waals surface area contributed by atoms with Crippen molar-refractivity contribution >= 4 is 28.6 Å². The Bertz CT molecular complexity index is 1400. The standard InChI is InChI=1S/C32H37N5/c1-7-20-36-25-17-13-11-15-23(25)32(8-2,9-3)27-22-14-10-12-16-24(22)37-30-29(33-18-19-34-30)35(6)31(37)26(27)28(36)21(4)5/h7,10-21,28,31H,8-9H2,1-6H3. The summed E-state index contributed by atoms with van der Waals surface area (Å²) in [6.07, 6.45) is 10.2. The first-order chi connectivity index (χ1) is 18.0. The van der Waals surface area contributed by atoms with Crippen LogP contribution in [0.5, 0.6) is 0 Å². The Labute approximate surface area is 221 Å². The Morgan fingerprint density at radius 3 is 2.24 bits per heavy atom. The van der Waals surface area contributed by atoms with E-state index in [1.807, 2.05) is 12.4 Å². The molecule has 1 aromatic heterocycles. The SMILES string of the molecule is CC=CN1c2ccccc2C(CC)(CC)C2=C(C1C(C)C)C1N(C)c3nccnc3N1c1ccccc12. The predicted molar refractivity (Wildman–Crippen MR) is 154 cm³/mol. The third-order valence-corrected chi connectivity index (χ3v) is 8.78. The van der Waals surface area contributed by atoms with Crippen LogP contribution in [-0.4, -0.2) is 29.2 Å². The number of anilines is 4. The molecule has 0 fully saturated rings. The van der Waals surface area contributed by atoms with Crippen LogP contribution >= 0.6 is 0 Å². The van der Waals surface area contributed by atoms with Gasteiger partial charge in [0.25, 0.3) is 0 Å².